The number of esters is 1. The van der Waals surface area contributed by atoms with Crippen LogP contribution in [0.2, 0.25) is 0 Å². The van der Waals surface area contributed by atoms with Gasteiger partial charge in [0.05, 0.1) is 29.1 Å². The van der Waals surface area contributed by atoms with Crippen molar-refractivity contribution in [2.45, 2.75) is 6.92 Å². The Bertz CT molecular complexity index is 1040. The molecule has 3 aromatic rings. The third-order valence-electron chi connectivity index (χ3n) is 3.76. The van der Waals surface area contributed by atoms with Crippen LogP contribution in [0.4, 0.5) is 26.1 Å². The highest BCUT2D eigenvalue weighted by molar-refractivity contribution is 6.04. The molecule has 148 valence electrons. The molecule has 2 aromatic carbocycles. The standard InChI is InChI=1S/C20H16F2N4O3/c1-2-29-19(28)14-5-3-4-6-16(14)26-20-23-10-12(11-24-20)18(27)25-17-8-7-13(21)9-15(17)22/h3-11H,2H2,1H3,(H,25,27)(H,23,24,26). The van der Waals surface area contributed by atoms with E-state index in [2.05, 4.69) is 20.6 Å². The summed E-state index contributed by atoms with van der Waals surface area (Å²) in [6.07, 6.45) is 2.47. The Kier molecular flexibility index (Phi) is 6.08. The first-order valence-corrected chi connectivity index (χ1v) is 8.59. The van der Waals surface area contributed by atoms with Gasteiger partial charge in [0.25, 0.3) is 5.91 Å². The average molecular weight is 398 g/mol. The first-order chi connectivity index (χ1) is 14.0. The highest BCUT2D eigenvalue weighted by Crippen LogP contribution is 2.20. The Balaban J connectivity index is 1.72. The van der Waals surface area contributed by atoms with E-state index in [1.807, 2.05) is 0 Å². The lowest BCUT2D eigenvalue weighted by Crippen LogP contribution is -2.14. The molecule has 9 heteroatoms. The van der Waals surface area contributed by atoms with Crippen molar-refractivity contribution < 1.29 is 23.1 Å². The number of anilines is 3. The van der Waals surface area contributed by atoms with Crippen LogP contribution in [0.1, 0.15) is 27.6 Å². The van der Waals surface area contributed by atoms with Gasteiger partial charge in [-0.3, -0.25) is 4.79 Å². The molecular weight excluding hydrogens is 382 g/mol. The van der Waals surface area contributed by atoms with E-state index in [4.69, 9.17) is 4.74 Å². The number of hydrogen-bond acceptors (Lipinski definition) is 6. The number of nitrogens with one attached hydrogen (secondary N) is 2. The lowest BCUT2D eigenvalue weighted by molar-refractivity contribution is 0.0527. The molecule has 0 radical (unpaired) electrons. The Morgan fingerprint density at radius 2 is 1.76 bits per heavy atom. The van der Waals surface area contributed by atoms with E-state index in [-0.39, 0.29) is 23.8 Å². The van der Waals surface area contributed by atoms with Crippen molar-refractivity contribution in [2.75, 3.05) is 17.2 Å². The molecule has 29 heavy (non-hydrogen) atoms. The van der Waals surface area contributed by atoms with Gasteiger partial charge in [-0.2, -0.15) is 0 Å². The van der Waals surface area contributed by atoms with Crippen molar-refractivity contribution in [3.63, 3.8) is 0 Å². The molecule has 0 saturated carbocycles. The van der Waals surface area contributed by atoms with Crippen LogP contribution in [0.3, 0.4) is 0 Å². The number of ether oxygens (including phenoxy) is 1. The lowest BCUT2D eigenvalue weighted by Gasteiger charge is -2.10. The average Bonchev–Trinajstić information content (AvgIpc) is 2.71. The van der Waals surface area contributed by atoms with Gasteiger partial charge in [-0.1, -0.05) is 12.1 Å². The first-order valence-electron chi connectivity index (χ1n) is 8.59. The van der Waals surface area contributed by atoms with Gasteiger partial charge in [0.1, 0.15) is 11.6 Å². The summed E-state index contributed by atoms with van der Waals surface area (Å²) in [6, 6.07) is 9.49. The fourth-order valence-corrected chi connectivity index (χ4v) is 2.39. The number of hydrogen-bond donors (Lipinski definition) is 2. The molecule has 1 amide bonds. The predicted molar refractivity (Wildman–Crippen MR) is 102 cm³/mol. The summed E-state index contributed by atoms with van der Waals surface area (Å²) in [5.41, 5.74) is 0.656. The van der Waals surface area contributed by atoms with Crippen molar-refractivity contribution in [3.8, 4) is 0 Å². The highest BCUT2D eigenvalue weighted by Gasteiger charge is 2.14. The van der Waals surface area contributed by atoms with Gasteiger partial charge in [0.15, 0.2) is 0 Å². The highest BCUT2D eigenvalue weighted by atomic mass is 19.1. The summed E-state index contributed by atoms with van der Waals surface area (Å²) in [5, 5.41) is 5.21. The maximum absolute atomic E-state index is 13.7. The van der Waals surface area contributed by atoms with E-state index in [0.717, 1.165) is 12.1 Å². The minimum absolute atomic E-state index is 0.0675. The molecule has 1 heterocycles. The topological polar surface area (TPSA) is 93.2 Å². The van der Waals surface area contributed by atoms with E-state index in [0.29, 0.717) is 17.3 Å². The minimum Gasteiger partial charge on any atom is -0.462 e. The Morgan fingerprint density at radius 3 is 2.45 bits per heavy atom. The second-order valence-electron chi connectivity index (χ2n) is 5.76. The Labute approximate surface area is 164 Å². The predicted octanol–water partition coefficient (Wildman–Crippen LogP) is 3.93. The number of amides is 1. The van der Waals surface area contributed by atoms with E-state index >= 15 is 0 Å². The largest absolute Gasteiger partial charge is 0.462 e. The molecule has 0 spiro atoms. The number of aromatic nitrogens is 2. The summed E-state index contributed by atoms with van der Waals surface area (Å²) in [4.78, 5) is 32.3. The number of halogens is 2. The number of benzene rings is 2. The smallest absolute Gasteiger partial charge is 0.340 e. The van der Waals surface area contributed by atoms with Gasteiger partial charge in [-0.05, 0) is 31.2 Å². The van der Waals surface area contributed by atoms with Crippen LogP contribution in [0.25, 0.3) is 0 Å². The third-order valence-corrected chi connectivity index (χ3v) is 3.76. The van der Waals surface area contributed by atoms with Crippen LogP contribution in [0, 0.1) is 11.6 Å². The SMILES string of the molecule is CCOC(=O)c1ccccc1Nc1ncc(C(=O)Nc2ccc(F)cc2F)cn1. The quantitative estimate of drug-likeness (QED) is 0.611. The van der Waals surface area contributed by atoms with Crippen molar-refractivity contribution in [1.29, 1.82) is 0 Å². The molecule has 0 unspecified atom stereocenters. The molecule has 0 aliphatic carbocycles. The number of carbonyl (C=O) groups is 2. The van der Waals surface area contributed by atoms with Crippen molar-refractivity contribution in [2.24, 2.45) is 0 Å². The first kappa shape index (κ1) is 19.9. The molecule has 0 saturated heterocycles. The summed E-state index contributed by atoms with van der Waals surface area (Å²) >= 11 is 0. The second kappa shape index (κ2) is 8.87. The summed E-state index contributed by atoms with van der Waals surface area (Å²) in [6.45, 7) is 1.95. The van der Waals surface area contributed by atoms with E-state index in [9.17, 15) is 18.4 Å². The number of carbonyl (C=O) groups excluding carboxylic acids is 2. The normalized spacial score (nSPS) is 10.3. The van der Waals surface area contributed by atoms with Crippen molar-refractivity contribution in [3.05, 3.63) is 77.6 Å². The zero-order chi connectivity index (χ0) is 20.8. The van der Waals surface area contributed by atoms with Crippen molar-refractivity contribution in [1.82, 2.24) is 9.97 Å². The molecule has 7 nitrogen and oxygen atoms in total. The molecule has 0 aliphatic heterocycles. The molecule has 0 atom stereocenters. The Hall–Kier alpha value is -3.88. The fraction of sp³-hybridized carbons (Fsp3) is 0.100. The van der Waals surface area contributed by atoms with Gasteiger partial charge < -0.3 is 15.4 Å². The zero-order valence-corrected chi connectivity index (χ0v) is 15.3. The van der Waals surface area contributed by atoms with Gasteiger partial charge >= 0.3 is 5.97 Å². The van der Waals surface area contributed by atoms with Crippen LogP contribution < -0.4 is 10.6 Å². The van der Waals surface area contributed by atoms with E-state index in [1.54, 1.807) is 31.2 Å². The second-order valence-corrected chi connectivity index (χ2v) is 5.76. The molecular formula is C20H16F2N4O3. The summed E-state index contributed by atoms with van der Waals surface area (Å²) < 4.78 is 31.6. The van der Waals surface area contributed by atoms with Gasteiger partial charge in [-0.25, -0.2) is 23.5 Å². The number of rotatable bonds is 6. The number of nitrogens with zero attached hydrogens (tertiary/aromatic N) is 2. The summed E-state index contributed by atoms with van der Waals surface area (Å²) in [5.74, 6) is -2.65. The molecule has 0 aliphatic rings. The molecule has 0 bridgehead atoms. The molecule has 2 N–H and O–H groups in total. The third kappa shape index (κ3) is 4.89. The maximum Gasteiger partial charge on any atom is 0.340 e. The monoisotopic (exact) mass is 398 g/mol. The fourth-order valence-electron chi connectivity index (χ4n) is 2.39. The molecule has 0 fully saturated rings. The number of para-hydroxylation sites is 1. The van der Waals surface area contributed by atoms with Crippen LogP contribution in [0.15, 0.2) is 54.9 Å². The van der Waals surface area contributed by atoms with Crippen LogP contribution in [-0.2, 0) is 4.74 Å². The van der Waals surface area contributed by atoms with Crippen LogP contribution in [-0.4, -0.2) is 28.5 Å². The van der Waals surface area contributed by atoms with Crippen LogP contribution in [0.5, 0.6) is 0 Å². The summed E-state index contributed by atoms with van der Waals surface area (Å²) in [7, 11) is 0. The van der Waals surface area contributed by atoms with Crippen LogP contribution >= 0.6 is 0 Å². The van der Waals surface area contributed by atoms with E-state index < -0.39 is 23.5 Å². The maximum atomic E-state index is 13.7. The zero-order valence-electron chi connectivity index (χ0n) is 15.3. The van der Waals surface area contributed by atoms with Crippen molar-refractivity contribution >= 4 is 29.2 Å². The lowest BCUT2D eigenvalue weighted by atomic mass is 10.2. The molecule has 3 rings (SSSR count). The van der Waals surface area contributed by atoms with Gasteiger partial charge in [-0.15, -0.1) is 0 Å². The Morgan fingerprint density at radius 1 is 1.03 bits per heavy atom. The van der Waals surface area contributed by atoms with Gasteiger partial charge in [0.2, 0.25) is 5.95 Å². The molecule has 1 aromatic heterocycles. The minimum atomic E-state index is -0.895. The van der Waals surface area contributed by atoms with Gasteiger partial charge in [0, 0.05) is 18.5 Å². The van der Waals surface area contributed by atoms with E-state index in [1.165, 1.54) is 12.4 Å².